The molecule has 1 unspecified atom stereocenters. The van der Waals surface area contributed by atoms with Crippen molar-refractivity contribution in [1.29, 1.82) is 0 Å². The van der Waals surface area contributed by atoms with E-state index in [1.807, 2.05) is 11.8 Å². The zero-order valence-corrected chi connectivity index (χ0v) is 11.8. The fourth-order valence-corrected chi connectivity index (χ4v) is 2.98. The van der Waals surface area contributed by atoms with Gasteiger partial charge in [-0.1, -0.05) is 33.1 Å². The molecule has 0 aromatic carbocycles. The molecule has 0 aromatic heterocycles. The van der Waals surface area contributed by atoms with Crippen LogP contribution in [0.4, 0.5) is 0 Å². The van der Waals surface area contributed by atoms with Crippen LogP contribution < -0.4 is 0 Å². The molecule has 0 aromatic rings. The van der Waals surface area contributed by atoms with Crippen molar-refractivity contribution in [3.63, 3.8) is 0 Å². The van der Waals surface area contributed by atoms with Crippen molar-refractivity contribution in [2.45, 2.75) is 51.2 Å². The van der Waals surface area contributed by atoms with Crippen molar-refractivity contribution in [2.24, 2.45) is 5.92 Å². The second kappa shape index (κ2) is 10.2. The van der Waals surface area contributed by atoms with Gasteiger partial charge in [0.1, 0.15) is 0 Å². The minimum absolute atomic E-state index is 0.883. The van der Waals surface area contributed by atoms with Gasteiger partial charge in [0, 0.05) is 5.25 Å². The summed E-state index contributed by atoms with van der Waals surface area (Å²) in [6.07, 6.45) is 11.5. The lowest BCUT2D eigenvalue weighted by atomic mass is 10.0. The van der Waals surface area contributed by atoms with Gasteiger partial charge in [-0.2, -0.15) is 23.5 Å². The molecule has 0 saturated heterocycles. The summed E-state index contributed by atoms with van der Waals surface area (Å²) in [5, 5.41) is 0.912. The van der Waals surface area contributed by atoms with Crippen LogP contribution in [0, 0.1) is 5.92 Å². The van der Waals surface area contributed by atoms with Crippen molar-refractivity contribution in [1.82, 2.24) is 0 Å². The third-order valence-electron chi connectivity index (χ3n) is 2.53. The first-order valence-corrected chi connectivity index (χ1v) is 8.40. The first-order chi connectivity index (χ1) is 6.70. The normalized spacial score (nSPS) is 13.5. The molecule has 0 bridgehead atoms. The van der Waals surface area contributed by atoms with E-state index in [0.29, 0.717) is 0 Å². The third-order valence-corrected chi connectivity index (χ3v) is 4.32. The van der Waals surface area contributed by atoms with Crippen LogP contribution in [0.15, 0.2) is 0 Å². The highest BCUT2D eigenvalue weighted by molar-refractivity contribution is 7.99. The Bertz CT molecular complexity index is 113. The Morgan fingerprint density at radius 3 is 2.07 bits per heavy atom. The van der Waals surface area contributed by atoms with E-state index in [0.717, 1.165) is 11.2 Å². The summed E-state index contributed by atoms with van der Waals surface area (Å²) in [7, 11) is 0. The van der Waals surface area contributed by atoms with E-state index < -0.39 is 0 Å². The van der Waals surface area contributed by atoms with Crippen LogP contribution >= 0.6 is 23.5 Å². The molecule has 14 heavy (non-hydrogen) atoms. The molecule has 0 nitrogen and oxygen atoms in total. The lowest BCUT2D eigenvalue weighted by Gasteiger charge is -2.13. The minimum atomic E-state index is 0.883. The predicted octanol–water partition coefficient (Wildman–Crippen LogP) is 4.69. The molecule has 0 fully saturated rings. The summed E-state index contributed by atoms with van der Waals surface area (Å²) in [6.45, 7) is 4.64. The molecule has 0 rings (SSSR count). The number of hydrogen-bond donors (Lipinski definition) is 0. The Balaban J connectivity index is 3.33. The first-order valence-electron chi connectivity index (χ1n) is 5.72. The molecular weight excluding hydrogens is 208 g/mol. The Morgan fingerprint density at radius 2 is 1.57 bits per heavy atom. The molecule has 0 amide bonds. The SMILES string of the molecule is CSCCC(CCCCC(C)C)SC. The minimum Gasteiger partial charge on any atom is -0.165 e. The van der Waals surface area contributed by atoms with Crippen molar-refractivity contribution >= 4 is 23.5 Å². The average molecular weight is 234 g/mol. The van der Waals surface area contributed by atoms with Crippen molar-refractivity contribution in [3.05, 3.63) is 0 Å². The quantitative estimate of drug-likeness (QED) is 0.531. The third kappa shape index (κ3) is 9.26. The lowest BCUT2D eigenvalue weighted by Crippen LogP contribution is -2.03. The standard InChI is InChI=1S/C12H26S2/c1-11(2)7-5-6-8-12(14-4)9-10-13-3/h11-12H,5-10H2,1-4H3. The zero-order chi connectivity index (χ0) is 10.8. The maximum atomic E-state index is 2.32. The van der Waals surface area contributed by atoms with Crippen LogP contribution in [-0.2, 0) is 0 Å². The highest BCUT2D eigenvalue weighted by Crippen LogP contribution is 2.20. The van der Waals surface area contributed by atoms with E-state index >= 15 is 0 Å². The van der Waals surface area contributed by atoms with E-state index in [-0.39, 0.29) is 0 Å². The Kier molecular flexibility index (Phi) is 10.7. The zero-order valence-electron chi connectivity index (χ0n) is 10.2. The highest BCUT2D eigenvalue weighted by atomic mass is 32.2. The average Bonchev–Trinajstić information content (AvgIpc) is 2.16. The maximum Gasteiger partial charge on any atom is 0.00521 e. The molecule has 0 spiro atoms. The molecule has 86 valence electrons. The fraction of sp³-hybridized carbons (Fsp3) is 1.00. The highest BCUT2D eigenvalue weighted by Gasteiger charge is 2.06. The van der Waals surface area contributed by atoms with Crippen molar-refractivity contribution < 1.29 is 0 Å². The fourth-order valence-electron chi connectivity index (χ4n) is 1.55. The number of unbranched alkanes of at least 4 members (excludes halogenated alkanes) is 1. The Labute approximate surface area is 99.0 Å². The van der Waals surface area contributed by atoms with Crippen LogP contribution in [0.5, 0.6) is 0 Å². The van der Waals surface area contributed by atoms with Crippen LogP contribution in [0.25, 0.3) is 0 Å². The molecule has 0 radical (unpaired) electrons. The predicted molar refractivity (Wildman–Crippen MR) is 73.6 cm³/mol. The molecule has 1 atom stereocenters. The summed E-state index contributed by atoms with van der Waals surface area (Å²) in [6, 6.07) is 0. The summed E-state index contributed by atoms with van der Waals surface area (Å²) in [5.41, 5.74) is 0. The van der Waals surface area contributed by atoms with Crippen LogP contribution in [0.2, 0.25) is 0 Å². The van der Waals surface area contributed by atoms with Gasteiger partial charge in [-0.05, 0) is 37.0 Å². The van der Waals surface area contributed by atoms with E-state index in [1.165, 1.54) is 37.9 Å². The van der Waals surface area contributed by atoms with Gasteiger partial charge in [0.25, 0.3) is 0 Å². The van der Waals surface area contributed by atoms with Gasteiger partial charge < -0.3 is 0 Å². The Hall–Kier alpha value is 0.700. The second-order valence-corrected chi connectivity index (χ2v) is 6.44. The number of rotatable bonds is 9. The maximum absolute atomic E-state index is 2.32. The van der Waals surface area contributed by atoms with Crippen LogP contribution in [-0.4, -0.2) is 23.5 Å². The molecular formula is C12H26S2. The molecule has 0 saturated carbocycles. The topological polar surface area (TPSA) is 0 Å². The molecule has 0 N–H and O–H groups in total. The first kappa shape index (κ1) is 14.7. The van der Waals surface area contributed by atoms with E-state index in [4.69, 9.17) is 0 Å². The van der Waals surface area contributed by atoms with Crippen molar-refractivity contribution in [3.8, 4) is 0 Å². The summed E-state index contributed by atoms with van der Waals surface area (Å²) in [5.74, 6) is 2.21. The van der Waals surface area contributed by atoms with Gasteiger partial charge in [-0.15, -0.1) is 0 Å². The van der Waals surface area contributed by atoms with E-state index in [2.05, 4.69) is 38.1 Å². The summed E-state index contributed by atoms with van der Waals surface area (Å²) in [4.78, 5) is 0. The van der Waals surface area contributed by atoms with Crippen molar-refractivity contribution in [2.75, 3.05) is 18.3 Å². The van der Waals surface area contributed by atoms with Gasteiger partial charge in [-0.3, -0.25) is 0 Å². The van der Waals surface area contributed by atoms with Crippen LogP contribution in [0.1, 0.15) is 46.0 Å². The van der Waals surface area contributed by atoms with Crippen LogP contribution in [0.3, 0.4) is 0 Å². The van der Waals surface area contributed by atoms with E-state index in [9.17, 15) is 0 Å². The monoisotopic (exact) mass is 234 g/mol. The van der Waals surface area contributed by atoms with Gasteiger partial charge >= 0.3 is 0 Å². The molecule has 0 heterocycles. The summed E-state index contributed by atoms with van der Waals surface area (Å²) < 4.78 is 0. The lowest BCUT2D eigenvalue weighted by molar-refractivity contribution is 0.522. The number of hydrogen-bond acceptors (Lipinski definition) is 2. The molecule has 0 aliphatic carbocycles. The largest absolute Gasteiger partial charge is 0.165 e. The second-order valence-electron chi connectivity index (χ2n) is 4.32. The van der Waals surface area contributed by atoms with E-state index in [1.54, 1.807) is 0 Å². The molecule has 2 heteroatoms. The Morgan fingerprint density at radius 1 is 0.929 bits per heavy atom. The van der Waals surface area contributed by atoms with Gasteiger partial charge in [0.05, 0.1) is 0 Å². The number of thioether (sulfide) groups is 2. The van der Waals surface area contributed by atoms with Gasteiger partial charge in [0.2, 0.25) is 0 Å². The van der Waals surface area contributed by atoms with Gasteiger partial charge in [-0.25, -0.2) is 0 Å². The summed E-state index contributed by atoms with van der Waals surface area (Å²) >= 11 is 4.03. The molecule has 0 aliphatic rings. The molecule has 0 aliphatic heterocycles. The van der Waals surface area contributed by atoms with Gasteiger partial charge in [0.15, 0.2) is 0 Å². The smallest absolute Gasteiger partial charge is 0.00521 e.